The predicted molar refractivity (Wildman–Crippen MR) is 225 cm³/mol. The van der Waals surface area contributed by atoms with Crippen molar-refractivity contribution in [3.05, 3.63) is 217 Å². The maximum absolute atomic E-state index is 7.04. The highest BCUT2D eigenvalue weighted by Crippen LogP contribution is 2.46. The van der Waals surface area contributed by atoms with Crippen molar-refractivity contribution in [1.82, 2.24) is 5.32 Å². The van der Waals surface area contributed by atoms with Gasteiger partial charge in [0.15, 0.2) is 5.58 Å². The third-order valence-corrected chi connectivity index (χ3v) is 10.3. The molecule has 1 aliphatic heterocycles. The molecule has 54 heavy (non-hydrogen) atoms. The van der Waals surface area contributed by atoms with E-state index >= 15 is 0 Å². The van der Waals surface area contributed by atoms with E-state index in [2.05, 4.69) is 198 Å². The number of amidine groups is 1. The van der Waals surface area contributed by atoms with Gasteiger partial charge in [-0.3, -0.25) is 0 Å². The molecule has 0 radical (unpaired) electrons. The van der Waals surface area contributed by atoms with Crippen LogP contribution in [0.5, 0.6) is 0 Å². The topological polar surface area (TPSA) is 40.8 Å². The maximum Gasteiger partial charge on any atom is 0.159 e. The Labute approximate surface area is 314 Å². The molecule has 0 saturated heterocycles. The first-order valence-electron chi connectivity index (χ1n) is 18.3. The van der Waals surface area contributed by atoms with Gasteiger partial charge in [-0.1, -0.05) is 152 Å². The molecule has 1 aliphatic rings. The number of anilines is 3. The first-order chi connectivity index (χ1) is 26.8. The summed E-state index contributed by atoms with van der Waals surface area (Å²) in [5.74, 6) is 0.835. The molecule has 0 saturated carbocycles. The summed E-state index contributed by atoms with van der Waals surface area (Å²) in [4.78, 5) is 7.46. The van der Waals surface area contributed by atoms with Crippen LogP contribution in [0.1, 0.15) is 22.7 Å². The second kappa shape index (κ2) is 13.4. The summed E-state index contributed by atoms with van der Waals surface area (Å²) >= 11 is 0. The van der Waals surface area contributed by atoms with Crippen molar-refractivity contribution in [3.63, 3.8) is 0 Å². The van der Waals surface area contributed by atoms with Crippen LogP contribution in [-0.4, -0.2) is 5.84 Å². The summed E-state index contributed by atoms with van der Waals surface area (Å²) in [5.41, 5.74) is 11.2. The Hall–Kier alpha value is -7.17. The van der Waals surface area contributed by atoms with Crippen LogP contribution >= 0.6 is 0 Å². The summed E-state index contributed by atoms with van der Waals surface area (Å²) in [6.45, 7) is 0. The van der Waals surface area contributed by atoms with Gasteiger partial charge in [0.05, 0.1) is 17.4 Å². The number of nitrogens with one attached hydrogen (secondary N) is 1. The monoisotopic (exact) mass is 693 g/mol. The van der Waals surface area contributed by atoms with Crippen LogP contribution in [-0.2, 0) is 0 Å². The van der Waals surface area contributed by atoms with Crippen molar-refractivity contribution in [1.29, 1.82) is 0 Å². The van der Waals surface area contributed by atoms with Crippen LogP contribution in [0, 0.1) is 0 Å². The molecule has 0 aliphatic carbocycles. The third-order valence-electron chi connectivity index (χ3n) is 10.3. The van der Waals surface area contributed by atoms with E-state index in [1.54, 1.807) is 0 Å². The quantitative estimate of drug-likeness (QED) is 0.181. The van der Waals surface area contributed by atoms with Gasteiger partial charge in [0.25, 0.3) is 0 Å². The minimum atomic E-state index is -0.188. The lowest BCUT2D eigenvalue weighted by Crippen LogP contribution is -2.31. The second-order valence-corrected chi connectivity index (χ2v) is 13.6. The number of para-hydroxylation sites is 1. The summed E-state index contributed by atoms with van der Waals surface area (Å²) in [6.07, 6.45) is 2.24. The van der Waals surface area contributed by atoms with Gasteiger partial charge in [-0.15, -0.1) is 0 Å². The van der Waals surface area contributed by atoms with E-state index < -0.39 is 0 Å². The van der Waals surface area contributed by atoms with E-state index in [9.17, 15) is 0 Å². The zero-order chi connectivity index (χ0) is 35.8. The van der Waals surface area contributed by atoms with Gasteiger partial charge in [0.2, 0.25) is 0 Å². The van der Waals surface area contributed by atoms with Crippen LogP contribution < -0.4 is 10.2 Å². The van der Waals surface area contributed by atoms with E-state index in [4.69, 9.17) is 9.41 Å². The molecule has 0 spiro atoms. The van der Waals surface area contributed by atoms with Crippen molar-refractivity contribution in [3.8, 4) is 11.1 Å². The van der Waals surface area contributed by atoms with Crippen molar-refractivity contribution in [2.24, 2.45) is 4.99 Å². The number of nitrogens with zero attached hydrogens (tertiary/aromatic N) is 2. The fourth-order valence-electron chi connectivity index (χ4n) is 7.67. The minimum Gasteiger partial charge on any atom is -0.454 e. The van der Waals surface area contributed by atoms with Crippen LogP contribution in [0.15, 0.2) is 210 Å². The van der Waals surface area contributed by atoms with Gasteiger partial charge in [-0.05, 0) is 81.6 Å². The Bertz CT molecular complexity index is 2830. The Morgan fingerprint density at radius 2 is 1.06 bits per heavy atom. The largest absolute Gasteiger partial charge is 0.454 e. The molecule has 8 aromatic carbocycles. The first-order valence-corrected chi connectivity index (χ1v) is 18.3. The van der Waals surface area contributed by atoms with E-state index in [0.29, 0.717) is 0 Å². The van der Waals surface area contributed by atoms with Crippen LogP contribution in [0.25, 0.3) is 49.5 Å². The van der Waals surface area contributed by atoms with Crippen molar-refractivity contribution < 1.29 is 4.42 Å². The van der Waals surface area contributed by atoms with Gasteiger partial charge >= 0.3 is 0 Å². The molecule has 4 heteroatoms. The average molecular weight is 694 g/mol. The van der Waals surface area contributed by atoms with E-state index in [-0.39, 0.29) is 6.04 Å². The zero-order valence-corrected chi connectivity index (χ0v) is 29.4. The number of benzene rings is 8. The Morgan fingerprint density at radius 1 is 0.500 bits per heavy atom. The Kier molecular flexibility index (Phi) is 7.85. The third kappa shape index (κ3) is 5.71. The highest BCUT2D eigenvalue weighted by molar-refractivity contribution is 6.16. The lowest BCUT2D eigenvalue weighted by Gasteiger charge is -2.28. The number of hydrogen-bond donors (Lipinski definition) is 1. The maximum atomic E-state index is 7.04. The molecule has 9 aromatic rings. The molecule has 2 heterocycles. The second-order valence-electron chi connectivity index (χ2n) is 13.6. The molecule has 256 valence electrons. The lowest BCUT2D eigenvalue weighted by molar-refractivity contribution is 0.668. The highest BCUT2D eigenvalue weighted by atomic mass is 16.3. The van der Waals surface area contributed by atoms with Gasteiger partial charge in [0.1, 0.15) is 11.4 Å². The summed E-state index contributed by atoms with van der Waals surface area (Å²) in [7, 11) is 0. The standard InChI is InChI=1S/C50H35N3O/c1-5-15-34(16-6-1)35-25-27-41(28-26-35)53(40-23-11-4-12-24-40)46-30-29-42(48-43-31-38-21-13-14-22-39(38)32-47(43)54-49(46)48)45-33-44(36-17-7-2-8-18-36)51-50(52-45)37-19-9-3-10-20-37/h1-33,45H,(H,51,52). The molecule has 0 bridgehead atoms. The van der Waals surface area contributed by atoms with Gasteiger partial charge < -0.3 is 14.6 Å². The number of fused-ring (bicyclic) bond motifs is 4. The Morgan fingerprint density at radius 3 is 1.74 bits per heavy atom. The SMILES string of the molecule is C1=C(c2ccccc2)N=C(c2ccccc2)NC1c1ccc(N(c2ccccc2)c2ccc(-c3ccccc3)cc2)c2oc3cc4ccccc4cc3c12. The number of aliphatic imine (C=N–C) groups is 1. The molecule has 0 amide bonds. The molecular weight excluding hydrogens is 659 g/mol. The summed E-state index contributed by atoms with van der Waals surface area (Å²) in [6, 6.07) is 67.9. The van der Waals surface area contributed by atoms with Gasteiger partial charge in [-0.2, -0.15) is 0 Å². The lowest BCUT2D eigenvalue weighted by atomic mass is 9.94. The van der Waals surface area contributed by atoms with E-state index in [1.165, 1.54) is 16.5 Å². The molecule has 0 fully saturated rings. The number of hydrogen-bond acceptors (Lipinski definition) is 4. The molecular formula is C50H35N3O. The molecule has 10 rings (SSSR count). The van der Waals surface area contributed by atoms with E-state index in [1.807, 2.05) is 12.1 Å². The van der Waals surface area contributed by atoms with Gasteiger partial charge in [-0.25, -0.2) is 4.99 Å². The normalized spacial score (nSPS) is 14.1. The highest BCUT2D eigenvalue weighted by Gasteiger charge is 2.27. The number of furan rings is 1. The fourth-order valence-corrected chi connectivity index (χ4v) is 7.67. The molecule has 4 nitrogen and oxygen atoms in total. The molecule has 1 N–H and O–H groups in total. The van der Waals surface area contributed by atoms with Crippen LogP contribution in [0.3, 0.4) is 0 Å². The Balaban J connectivity index is 1.20. The minimum absolute atomic E-state index is 0.188. The molecule has 1 aromatic heterocycles. The predicted octanol–water partition coefficient (Wildman–Crippen LogP) is 13.0. The smallest absolute Gasteiger partial charge is 0.159 e. The molecule has 1 atom stereocenters. The van der Waals surface area contributed by atoms with Crippen LogP contribution in [0.4, 0.5) is 17.1 Å². The summed E-state index contributed by atoms with van der Waals surface area (Å²) < 4.78 is 7.04. The van der Waals surface area contributed by atoms with Crippen LogP contribution in [0.2, 0.25) is 0 Å². The van der Waals surface area contributed by atoms with Crippen molar-refractivity contribution in [2.45, 2.75) is 6.04 Å². The van der Waals surface area contributed by atoms with Crippen molar-refractivity contribution in [2.75, 3.05) is 4.90 Å². The van der Waals surface area contributed by atoms with Gasteiger partial charge in [0, 0.05) is 27.7 Å². The van der Waals surface area contributed by atoms with Crippen molar-refractivity contribution >= 4 is 61.3 Å². The fraction of sp³-hybridized carbons (Fsp3) is 0.0200. The van der Waals surface area contributed by atoms with E-state index in [0.717, 1.165) is 72.6 Å². The molecule has 1 unspecified atom stereocenters. The first kappa shape index (κ1) is 31.6. The average Bonchev–Trinajstić information content (AvgIpc) is 3.63. The summed E-state index contributed by atoms with van der Waals surface area (Å²) in [5, 5.41) is 8.29. The zero-order valence-electron chi connectivity index (χ0n) is 29.4. The number of rotatable bonds is 7.